The zero-order chi connectivity index (χ0) is 18.6. The molecular weight excluding hydrogens is 378 g/mol. The van der Waals surface area contributed by atoms with Crippen molar-refractivity contribution in [2.45, 2.75) is 24.2 Å². The Bertz CT molecular complexity index is 744. The summed E-state index contributed by atoms with van der Waals surface area (Å²) in [4.78, 5) is 13.5. The van der Waals surface area contributed by atoms with E-state index < -0.39 is 10.0 Å². The van der Waals surface area contributed by atoms with Crippen molar-refractivity contribution in [1.29, 1.82) is 0 Å². The molecule has 3 rings (SSSR count). The van der Waals surface area contributed by atoms with Crippen LogP contribution < -0.4 is 10.2 Å². The zero-order valence-electron chi connectivity index (χ0n) is 14.7. The zero-order valence-corrected chi connectivity index (χ0v) is 16.2. The number of amides is 1. The normalized spacial score (nSPS) is 20.0. The minimum absolute atomic E-state index is 0.0533. The van der Waals surface area contributed by atoms with E-state index in [0.29, 0.717) is 38.5 Å². The largest absolute Gasteiger partial charge is 0.370 e. The third-order valence-corrected chi connectivity index (χ3v) is 7.14. The number of hydrogen-bond acceptors (Lipinski definition) is 4. The minimum atomic E-state index is -3.65. The van der Waals surface area contributed by atoms with Crippen LogP contribution in [0.5, 0.6) is 0 Å². The van der Waals surface area contributed by atoms with E-state index in [0.717, 1.165) is 37.3 Å². The van der Waals surface area contributed by atoms with Gasteiger partial charge in [-0.1, -0.05) is 18.0 Å². The standard InChI is InChI=1S/C17H24ClN3O4S/c18-15-5-4-14(19-17(22)13-20-8-10-25-11-9-20)12-16(15)26(23,24)21-6-2-1-3-7-21/h4-5,12H,1-3,6-11,13H2,(H,19,22)/p+1. The number of benzene rings is 1. The smallest absolute Gasteiger partial charge is 0.279 e. The fraction of sp³-hybridized carbons (Fsp3) is 0.588. The van der Waals surface area contributed by atoms with Crippen LogP contribution in [0.4, 0.5) is 5.69 Å². The van der Waals surface area contributed by atoms with Crippen LogP contribution in [0.3, 0.4) is 0 Å². The van der Waals surface area contributed by atoms with Crippen LogP contribution in [0.15, 0.2) is 23.1 Å². The van der Waals surface area contributed by atoms with Gasteiger partial charge in [0.25, 0.3) is 5.91 Å². The third kappa shape index (κ3) is 4.75. The molecule has 0 unspecified atom stereocenters. The maximum Gasteiger partial charge on any atom is 0.279 e. The number of morpholine rings is 1. The molecule has 0 radical (unpaired) electrons. The molecule has 7 nitrogen and oxygen atoms in total. The summed E-state index contributed by atoms with van der Waals surface area (Å²) in [5, 5.41) is 2.96. The van der Waals surface area contributed by atoms with Crippen LogP contribution >= 0.6 is 11.6 Å². The van der Waals surface area contributed by atoms with Crippen LogP contribution in [0.2, 0.25) is 5.02 Å². The second-order valence-electron chi connectivity index (χ2n) is 6.70. The van der Waals surface area contributed by atoms with Gasteiger partial charge in [-0.3, -0.25) is 4.79 Å². The maximum absolute atomic E-state index is 12.9. The highest BCUT2D eigenvalue weighted by molar-refractivity contribution is 7.89. The molecule has 0 aliphatic carbocycles. The van der Waals surface area contributed by atoms with Crippen molar-refractivity contribution in [2.24, 2.45) is 0 Å². The summed E-state index contributed by atoms with van der Waals surface area (Å²) >= 11 is 6.16. The fourth-order valence-electron chi connectivity index (χ4n) is 3.29. The van der Waals surface area contributed by atoms with Gasteiger partial charge >= 0.3 is 0 Å². The summed E-state index contributed by atoms with van der Waals surface area (Å²) in [7, 11) is -3.65. The van der Waals surface area contributed by atoms with E-state index >= 15 is 0 Å². The van der Waals surface area contributed by atoms with Crippen LogP contribution in [-0.4, -0.2) is 64.6 Å². The Labute approximate surface area is 159 Å². The van der Waals surface area contributed by atoms with Crippen molar-refractivity contribution in [2.75, 3.05) is 51.3 Å². The predicted octanol–water partition coefficient (Wildman–Crippen LogP) is 0.368. The first-order chi connectivity index (χ1) is 12.5. The highest BCUT2D eigenvalue weighted by Gasteiger charge is 2.28. The summed E-state index contributed by atoms with van der Waals surface area (Å²) in [5.41, 5.74) is 0.447. The summed E-state index contributed by atoms with van der Waals surface area (Å²) < 4.78 is 32.5. The number of rotatable bonds is 5. The van der Waals surface area contributed by atoms with Gasteiger partial charge < -0.3 is 15.0 Å². The summed E-state index contributed by atoms with van der Waals surface area (Å²) in [6, 6.07) is 4.61. The van der Waals surface area contributed by atoms with E-state index in [1.54, 1.807) is 6.07 Å². The molecule has 2 saturated heterocycles. The van der Waals surface area contributed by atoms with Gasteiger partial charge in [0.2, 0.25) is 10.0 Å². The second kappa shape index (κ2) is 8.67. The second-order valence-corrected chi connectivity index (χ2v) is 9.01. The van der Waals surface area contributed by atoms with Crippen molar-refractivity contribution in [1.82, 2.24) is 4.31 Å². The van der Waals surface area contributed by atoms with Crippen molar-refractivity contribution in [3.05, 3.63) is 23.2 Å². The topological polar surface area (TPSA) is 80.1 Å². The lowest BCUT2D eigenvalue weighted by atomic mass is 10.2. The first-order valence-corrected chi connectivity index (χ1v) is 10.8. The van der Waals surface area contributed by atoms with E-state index in [-0.39, 0.29) is 15.8 Å². The van der Waals surface area contributed by atoms with Crippen LogP contribution in [0.1, 0.15) is 19.3 Å². The molecule has 1 amide bonds. The van der Waals surface area contributed by atoms with E-state index in [2.05, 4.69) is 5.32 Å². The molecule has 2 heterocycles. The number of carbonyl (C=O) groups is 1. The highest BCUT2D eigenvalue weighted by atomic mass is 35.5. The lowest BCUT2D eigenvalue weighted by molar-refractivity contribution is -0.899. The summed E-state index contributed by atoms with van der Waals surface area (Å²) in [6.07, 6.45) is 2.75. The van der Waals surface area contributed by atoms with Gasteiger partial charge in [0, 0.05) is 18.8 Å². The molecule has 0 spiro atoms. The molecule has 144 valence electrons. The monoisotopic (exact) mass is 402 g/mol. The van der Waals surface area contributed by atoms with Crippen LogP contribution in [-0.2, 0) is 19.6 Å². The lowest BCUT2D eigenvalue weighted by Crippen LogP contribution is -3.15. The maximum atomic E-state index is 12.9. The predicted molar refractivity (Wildman–Crippen MR) is 99.1 cm³/mol. The first-order valence-electron chi connectivity index (χ1n) is 8.98. The number of anilines is 1. The van der Waals surface area contributed by atoms with Crippen LogP contribution in [0.25, 0.3) is 0 Å². The van der Waals surface area contributed by atoms with Crippen molar-refractivity contribution < 1.29 is 22.8 Å². The molecule has 26 heavy (non-hydrogen) atoms. The molecular formula is C17H25ClN3O4S+. The molecule has 1 aromatic carbocycles. The van der Waals surface area contributed by atoms with E-state index in [4.69, 9.17) is 16.3 Å². The van der Waals surface area contributed by atoms with E-state index in [1.165, 1.54) is 16.4 Å². The number of sulfonamides is 1. The van der Waals surface area contributed by atoms with Gasteiger partial charge in [0.15, 0.2) is 6.54 Å². The molecule has 2 aliphatic rings. The van der Waals surface area contributed by atoms with E-state index in [9.17, 15) is 13.2 Å². The number of quaternary nitrogens is 1. The van der Waals surface area contributed by atoms with Gasteiger partial charge in [0.1, 0.15) is 18.0 Å². The molecule has 2 N–H and O–H groups in total. The minimum Gasteiger partial charge on any atom is -0.370 e. The summed E-state index contributed by atoms with van der Waals surface area (Å²) in [5.74, 6) is -0.148. The average Bonchev–Trinajstić information content (AvgIpc) is 2.64. The highest BCUT2D eigenvalue weighted by Crippen LogP contribution is 2.29. The third-order valence-electron chi connectivity index (χ3n) is 4.76. The molecule has 0 atom stereocenters. The molecule has 2 fully saturated rings. The number of nitrogens with zero attached hydrogens (tertiary/aromatic N) is 1. The molecule has 0 aromatic heterocycles. The van der Waals surface area contributed by atoms with E-state index in [1.807, 2.05) is 0 Å². The van der Waals surface area contributed by atoms with Crippen molar-refractivity contribution in [3.8, 4) is 0 Å². The van der Waals surface area contributed by atoms with Gasteiger partial charge in [0.05, 0.1) is 18.2 Å². The Hall–Kier alpha value is -1.19. The van der Waals surface area contributed by atoms with Gasteiger partial charge in [-0.2, -0.15) is 4.31 Å². The number of ether oxygens (including phenoxy) is 1. The quantitative estimate of drug-likeness (QED) is 0.745. The molecule has 1 aromatic rings. The molecule has 9 heteroatoms. The first kappa shape index (κ1) is 19.6. The number of nitrogens with one attached hydrogen (secondary N) is 2. The number of halogens is 1. The Balaban J connectivity index is 1.71. The number of hydrogen-bond donors (Lipinski definition) is 2. The van der Waals surface area contributed by atoms with Gasteiger partial charge in [-0.15, -0.1) is 0 Å². The average molecular weight is 403 g/mol. The van der Waals surface area contributed by atoms with Gasteiger partial charge in [-0.25, -0.2) is 8.42 Å². The van der Waals surface area contributed by atoms with Crippen molar-refractivity contribution in [3.63, 3.8) is 0 Å². The van der Waals surface area contributed by atoms with Gasteiger partial charge in [-0.05, 0) is 31.0 Å². The Morgan fingerprint density at radius 1 is 1.19 bits per heavy atom. The Morgan fingerprint density at radius 3 is 2.58 bits per heavy atom. The molecule has 0 saturated carbocycles. The Kier molecular flexibility index (Phi) is 6.52. The van der Waals surface area contributed by atoms with Crippen molar-refractivity contribution >= 4 is 33.2 Å². The molecule has 2 aliphatic heterocycles. The van der Waals surface area contributed by atoms with Crippen LogP contribution in [0, 0.1) is 0 Å². The number of carbonyl (C=O) groups excluding carboxylic acids is 1. The SMILES string of the molecule is O=C(C[NH+]1CCOCC1)Nc1ccc(Cl)c(S(=O)(=O)N2CCCCC2)c1. The summed E-state index contributed by atoms with van der Waals surface area (Å²) in [6.45, 7) is 4.25. The fourth-order valence-corrected chi connectivity index (χ4v) is 5.31. The Morgan fingerprint density at radius 2 is 1.88 bits per heavy atom. The number of piperidine rings is 1. The molecule has 0 bridgehead atoms. The lowest BCUT2D eigenvalue weighted by Gasteiger charge is -2.26.